The number of methoxy groups -OCH3 is 2. The van der Waals surface area contributed by atoms with E-state index >= 15 is 0 Å². The highest BCUT2D eigenvalue weighted by Gasteiger charge is 2.29. The van der Waals surface area contributed by atoms with Crippen LogP contribution >= 0.6 is 0 Å². The summed E-state index contributed by atoms with van der Waals surface area (Å²) in [5.41, 5.74) is 1.08. The van der Waals surface area contributed by atoms with E-state index in [0.29, 0.717) is 18.1 Å². The second kappa shape index (κ2) is 11.9. The molecule has 0 radical (unpaired) electrons. The van der Waals surface area contributed by atoms with Crippen LogP contribution in [0.15, 0.2) is 77.7 Å². The van der Waals surface area contributed by atoms with Crippen LogP contribution in [0.1, 0.15) is 31.9 Å². The summed E-state index contributed by atoms with van der Waals surface area (Å²) < 4.78 is 52.5. The van der Waals surface area contributed by atoms with Crippen molar-refractivity contribution in [3.05, 3.63) is 84.2 Å². The second-order valence-electron chi connectivity index (χ2n) is 8.67. The Bertz CT molecular complexity index is 1270. The topological polar surface area (TPSA) is 84.9 Å². The van der Waals surface area contributed by atoms with Crippen molar-refractivity contribution in [2.45, 2.75) is 31.2 Å². The summed E-state index contributed by atoms with van der Waals surface area (Å²) in [5, 5.41) is 2.98. The van der Waals surface area contributed by atoms with E-state index in [0.717, 1.165) is 22.0 Å². The van der Waals surface area contributed by atoms with E-state index in [4.69, 9.17) is 9.47 Å². The molecule has 0 aliphatic carbocycles. The number of carbonyl (C=O) groups is 1. The lowest BCUT2D eigenvalue weighted by Crippen LogP contribution is -2.42. The number of rotatable bonds is 11. The van der Waals surface area contributed by atoms with Gasteiger partial charge < -0.3 is 14.8 Å². The normalized spacial score (nSPS) is 12.2. The van der Waals surface area contributed by atoms with Crippen molar-refractivity contribution in [3.8, 4) is 11.5 Å². The van der Waals surface area contributed by atoms with E-state index in [-0.39, 0.29) is 22.4 Å². The first kappa shape index (κ1) is 27.0. The molecule has 1 amide bonds. The number of nitrogens with zero attached hydrogens (tertiary/aromatic N) is 1. The molecule has 0 aromatic heterocycles. The summed E-state index contributed by atoms with van der Waals surface area (Å²) in [6.45, 7) is 3.60. The second-order valence-corrected chi connectivity index (χ2v) is 10.5. The first-order valence-corrected chi connectivity index (χ1v) is 12.9. The predicted molar refractivity (Wildman–Crippen MR) is 137 cm³/mol. The van der Waals surface area contributed by atoms with Crippen LogP contribution in [0, 0.1) is 11.7 Å². The third kappa shape index (κ3) is 6.54. The van der Waals surface area contributed by atoms with Crippen molar-refractivity contribution < 1.29 is 27.1 Å². The lowest BCUT2D eigenvalue weighted by molar-refractivity contribution is -0.120. The molecule has 0 saturated carbocycles. The van der Waals surface area contributed by atoms with Gasteiger partial charge in [-0.2, -0.15) is 0 Å². The Labute approximate surface area is 211 Å². The van der Waals surface area contributed by atoms with Gasteiger partial charge in [0.05, 0.1) is 30.8 Å². The number of carbonyl (C=O) groups excluding carboxylic acids is 1. The van der Waals surface area contributed by atoms with Crippen molar-refractivity contribution in [3.63, 3.8) is 0 Å². The molecular formula is C27H31FN2O5S. The molecule has 0 aliphatic rings. The number of halogens is 1. The number of sulfonamides is 1. The molecule has 9 heteroatoms. The van der Waals surface area contributed by atoms with E-state index < -0.39 is 28.3 Å². The zero-order valence-corrected chi connectivity index (χ0v) is 21.6. The predicted octanol–water partition coefficient (Wildman–Crippen LogP) is 4.94. The SMILES string of the molecule is COc1ccc(S(=O)(=O)N(CC(=O)NC(CC(C)C)c2ccccc2)c2ccc(F)cc2)cc1OC. The first-order valence-electron chi connectivity index (χ1n) is 11.5. The van der Waals surface area contributed by atoms with Gasteiger partial charge in [0, 0.05) is 6.07 Å². The molecule has 7 nitrogen and oxygen atoms in total. The average molecular weight is 515 g/mol. The molecule has 1 N–H and O–H groups in total. The number of nitrogens with one attached hydrogen (secondary N) is 1. The molecule has 3 aromatic rings. The molecule has 0 spiro atoms. The van der Waals surface area contributed by atoms with Gasteiger partial charge in [0.1, 0.15) is 12.4 Å². The molecule has 36 heavy (non-hydrogen) atoms. The molecule has 0 saturated heterocycles. The van der Waals surface area contributed by atoms with Crippen LogP contribution < -0.4 is 19.1 Å². The Kier molecular flexibility index (Phi) is 8.93. The van der Waals surface area contributed by atoms with Crippen LogP contribution in [0.25, 0.3) is 0 Å². The van der Waals surface area contributed by atoms with Gasteiger partial charge in [-0.1, -0.05) is 44.2 Å². The maximum atomic E-state index is 13.7. The monoisotopic (exact) mass is 514 g/mol. The zero-order chi connectivity index (χ0) is 26.3. The van der Waals surface area contributed by atoms with Crippen LogP contribution in [0.2, 0.25) is 0 Å². The van der Waals surface area contributed by atoms with Crippen LogP contribution in [0.3, 0.4) is 0 Å². The Morgan fingerprint density at radius 1 is 0.944 bits per heavy atom. The molecule has 1 unspecified atom stereocenters. The maximum Gasteiger partial charge on any atom is 0.264 e. The molecule has 0 heterocycles. The Morgan fingerprint density at radius 3 is 2.17 bits per heavy atom. The smallest absolute Gasteiger partial charge is 0.264 e. The summed E-state index contributed by atoms with van der Waals surface area (Å²) >= 11 is 0. The first-order chi connectivity index (χ1) is 17.1. The van der Waals surface area contributed by atoms with Gasteiger partial charge in [0.2, 0.25) is 5.91 Å². The molecule has 0 fully saturated rings. The summed E-state index contributed by atoms with van der Waals surface area (Å²) in [6.07, 6.45) is 0.675. The molecular weight excluding hydrogens is 483 g/mol. The molecule has 3 rings (SSSR count). The highest BCUT2D eigenvalue weighted by atomic mass is 32.2. The van der Waals surface area contributed by atoms with Gasteiger partial charge in [-0.05, 0) is 54.3 Å². The van der Waals surface area contributed by atoms with Gasteiger partial charge in [-0.3, -0.25) is 9.10 Å². The molecule has 3 aromatic carbocycles. The lowest BCUT2D eigenvalue weighted by Gasteiger charge is -2.27. The summed E-state index contributed by atoms with van der Waals surface area (Å²) in [5.74, 6) is -0.130. The van der Waals surface area contributed by atoms with Crippen molar-refractivity contribution >= 4 is 21.6 Å². The fourth-order valence-electron chi connectivity index (χ4n) is 3.83. The summed E-state index contributed by atoms with van der Waals surface area (Å²) in [4.78, 5) is 13.1. The highest BCUT2D eigenvalue weighted by Crippen LogP contribution is 2.32. The minimum absolute atomic E-state index is 0.0981. The van der Waals surface area contributed by atoms with Crippen molar-refractivity contribution in [2.24, 2.45) is 5.92 Å². The Balaban J connectivity index is 1.96. The average Bonchev–Trinajstić information content (AvgIpc) is 2.87. The summed E-state index contributed by atoms with van der Waals surface area (Å²) in [7, 11) is -1.38. The molecule has 192 valence electrons. The standard InChI is InChI=1S/C27H31FN2O5S/c1-19(2)16-24(20-8-6-5-7-9-20)29-27(31)18-30(22-12-10-21(28)11-13-22)36(32,33)23-14-15-25(34-3)26(17-23)35-4/h5-15,17,19,24H,16,18H2,1-4H3,(H,29,31). The Morgan fingerprint density at radius 2 is 1.58 bits per heavy atom. The van der Waals surface area contributed by atoms with Crippen LogP contribution in [0.5, 0.6) is 11.5 Å². The van der Waals surface area contributed by atoms with Crippen molar-refractivity contribution in [2.75, 3.05) is 25.1 Å². The van der Waals surface area contributed by atoms with Crippen LogP contribution in [-0.2, 0) is 14.8 Å². The van der Waals surface area contributed by atoms with Gasteiger partial charge in [0.15, 0.2) is 11.5 Å². The third-order valence-corrected chi connectivity index (χ3v) is 7.36. The number of ether oxygens (including phenoxy) is 2. The van der Waals surface area contributed by atoms with E-state index in [1.807, 2.05) is 30.3 Å². The fraction of sp³-hybridized carbons (Fsp3) is 0.296. The number of amides is 1. The van der Waals surface area contributed by atoms with E-state index in [1.54, 1.807) is 0 Å². The minimum atomic E-state index is -4.23. The van der Waals surface area contributed by atoms with Gasteiger partial charge in [-0.15, -0.1) is 0 Å². The van der Waals surface area contributed by atoms with E-state index in [9.17, 15) is 17.6 Å². The highest BCUT2D eigenvalue weighted by molar-refractivity contribution is 7.92. The minimum Gasteiger partial charge on any atom is -0.493 e. The van der Waals surface area contributed by atoms with E-state index in [2.05, 4.69) is 19.2 Å². The van der Waals surface area contributed by atoms with Crippen LogP contribution in [-0.4, -0.2) is 35.1 Å². The van der Waals surface area contributed by atoms with Gasteiger partial charge >= 0.3 is 0 Å². The lowest BCUT2D eigenvalue weighted by atomic mass is 9.97. The molecule has 0 aliphatic heterocycles. The maximum absolute atomic E-state index is 13.7. The molecule has 0 bridgehead atoms. The quantitative estimate of drug-likeness (QED) is 0.392. The zero-order valence-electron chi connectivity index (χ0n) is 20.8. The number of anilines is 1. The Hall–Kier alpha value is -3.59. The largest absolute Gasteiger partial charge is 0.493 e. The molecule has 1 atom stereocenters. The number of hydrogen-bond acceptors (Lipinski definition) is 5. The number of hydrogen-bond donors (Lipinski definition) is 1. The van der Waals surface area contributed by atoms with Gasteiger partial charge in [-0.25, -0.2) is 12.8 Å². The summed E-state index contributed by atoms with van der Waals surface area (Å²) in [6, 6.07) is 18.3. The number of benzene rings is 3. The van der Waals surface area contributed by atoms with Crippen LogP contribution in [0.4, 0.5) is 10.1 Å². The fourth-order valence-corrected chi connectivity index (χ4v) is 5.27. The van der Waals surface area contributed by atoms with Gasteiger partial charge in [0.25, 0.3) is 10.0 Å². The van der Waals surface area contributed by atoms with E-state index in [1.165, 1.54) is 44.6 Å². The third-order valence-electron chi connectivity index (χ3n) is 5.59. The van der Waals surface area contributed by atoms with Crippen molar-refractivity contribution in [1.82, 2.24) is 5.32 Å². The van der Waals surface area contributed by atoms with Crippen molar-refractivity contribution in [1.29, 1.82) is 0 Å².